The quantitative estimate of drug-likeness (QED) is 0.556. The third-order valence-electron chi connectivity index (χ3n) is 6.91. The minimum Gasteiger partial charge on any atom is -0.383 e. The monoisotopic (exact) mass is 496 g/mol. The van der Waals surface area contributed by atoms with E-state index in [1.165, 1.54) is 19.2 Å². The molecule has 2 amide bonds. The summed E-state index contributed by atoms with van der Waals surface area (Å²) >= 11 is 0. The van der Waals surface area contributed by atoms with Gasteiger partial charge in [-0.15, -0.1) is 0 Å². The van der Waals surface area contributed by atoms with E-state index in [9.17, 15) is 22.8 Å². The van der Waals surface area contributed by atoms with E-state index in [0.717, 1.165) is 6.07 Å². The molecule has 0 aliphatic carbocycles. The molecule has 0 radical (unpaired) electrons. The number of halogens is 3. The van der Waals surface area contributed by atoms with Crippen molar-refractivity contribution in [2.24, 2.45) is 11.3 Å². The van der Waals surface area contributed by atoms with E-state index in [0.29, 0.717) is 57.9 Å². The molecule has 1 aromatic rings. The number of ether oxygens (including phenoxy) is 2. The average Bonchev–Trinajstić information content (AvgIpc) is 3.20. The zero-order valence-electron chi connectivity index (χ0n) is 20.0. The van der Waals surface area contributed by atoms with Crippen LogP contribution in [0.3, 0.4) is 0 Å². The molecule has 0 saturated carbocycles. The topological polar surface area (TPSA) is 94.9 Å². The largest absolute Gasteiger partial charge is 0.417 e. The maximum atomic E-state index is 13.5. The third kappa shape index (κ3) is 6.05. The molecular weight excluding hydrogens is 465 g/mol. The molecule has 1 spiro atoms. The lowest BCUT2D eigenvalue weighted by atomic mass is 9.70. The number of nitrogens with zero attached hydrogens (tertiary/aromatic N) is 3. The van der Waals surface area contributed by atoms with Crippen LogP contribution < -0.4 is 10.2 Å². The Morgan fingerprint density at radius 3 is 2.60 bits per heavy atom. The number of likely N-dealkylation sites (tertiary alicyclic amines) is 1. The predicted octanol–water partition coefficient (Wildman–Crippen LogP) is 2.42. The number of carbonyl (C=O) groups is 2. The molecule has 2 fully saturated rings. The number of methoxy groups -OCH3 is 1. The molecule has 0 aromatic heterocycles. The van der Waals surface area contributed by atoms with Gasteiger partial charge in [0.1, 0.15) is 6.61 Å². The Kier molecular flexibility index (Phi) is 8.61. The molecule has 2 aliphatic heterocycles. The molecule has 2 aliphatic rings. The first-order valence-electron chi connectivity index (χ1n) is 11.6. The smallest absolute Gasteiger partial charge is 0.383 e. The minimum atomic E-state index is -4.67. The zero-order valence-corrected chi connectivity index (χ0v) is 20.0. The Morgan fingerprint density at radius 2 is 2.00 bits per heavy atom. The van der Waals surface area contributed by atoms with Crippen LogP contribution in [0, 0.1) is 22.7 Å². The maximum absolute atomic E-state index is 13.5. The summed E-state index contributed by atoms with van der Waals surface area (Å²) in [6.07, 6.45) is -3.57. The van der Waals surface area contributed by atoms with E-state index >= 15 is 0 Å². The highest BCUT2D eigenvalue weighted by molar-refractivity contribution is 5.82. The molecule has 1 N–H and O–H groups in total. The van der Waals surface area contributed by atoms with Crippen LogP contribution in [0.25, 0.3) is 0 Å². The molecule has 1 aromatic carbocycles. The minimum absolute atomic E-state index is 0.00200. The second kappa shape index (κ2) is 11.3. The number of benzene rings is 1. The summed E-state index contributed by atoms with van der Waals surface area (Å²) in [6, 6.07) is 5.25. The van der Waals surface area contributed by atoms with Crippen molar-refractivity contribution in [3.8, 4) is 6.07 Å². The Hall–Kier alpha value is -2.84. The first-order chi connectivity index (χ1) is 16.6. The van der Waals surface area contributed by atoms with E-state index in [-0.39, 0.29) is 25.0 Å². The normalized spacial score (nSPS) is 19.6. The van der Waals surface area contributed by atoms with Crippen LogP contribution in [-0.4, -0.2) is 76.4 Å². The molecule has 0 bridgehead atoms. The van der Waals surface area contributed by atoms with Gasteiger partial charge in [-0.25, -0.2) is 0 Å². The second-order valence-electron chi connectivity index (χ2n) is 8.94. The van der Waals surface area contributed by atoms with Gasteiger partial charge < -0.3 is 24.6 Å². The molecule has 192 valence electrons. The summed E-state index contributed by atoms with van der Waals surface area (Å²) in [5.74, 6) is -0.753. The van der Waals surface area contributed by atoms with Gasteiger partial charge in [0.05, 0.1) is 29.7 Å². The fraction of sp³-hybridized carbons (Fsp3) is 0.625. The zero-order chi connectivity index (χ0) is 25.6. The van der Waals surface area contributed by atoms with Gasteiger partial charge in [-0.3, -0.25) is 9.59 Å². The maximum Gasteiger partial charge on any atom is 0.417 e. The fourth-order valence-corrected chi connectivity index (χ4v) is 4.98. The first kappa shape index (κ1) is 26.8. The van der Waals surface area contributed by atoms with Gasteiger partial charge in [0.25, 0.3) is 0 Å². The van der Waals surface area contributed by atoms with Gasteiger partial charge in [-0.1, -0.05) is 0 Å². The van der Waals surface area contributed by atoms with Crippen molar-refractivity contribution < 1.29 is 32.2 Å². The Balaban J connectivity index is 1.84. The Labute approximate surface area is 202 Å². The van der Waals surface area contributed by atoms with Gasteiger partial charge in [0.2, 0.25) is 11.8 Å². The van der Waals surface area contributed by atoms with Gasteiger partial charge in [-0.05, 0) is 38.0 Å². The lowest BCUT2D eigenvalue weighted by molar-refractivity contribution is -0.139. The van der Waals surface area contributed by atoms with Crippen molar-refractivity contribution in [1.82, 2.24) is 10.2 Å². The first-order valence-corrected chi connectivity index (χ1v) is 11.6. The average molecular weight is 497 g/mol. The molecule has 2 saturated heterocycles. The summed E-state index contributed by atoms with van der Waals surface area (Å²) in [7, 11) is 1.53. The van der Waals surface area contributed by atoms with Gasteiger partial charge >= 0.3 is 6.18 Å². The van der Waals surface area contributed by atoms with E-state index < -0.39 is 28.6 Å². The summed E-state index contributed by atoms with van der Waals surface area (Å²) in [4.78, 5) is 29.0. The third-order valence-corrected chi connectivity index (χ3v) is 6.91. The van der Waals surface area contributed by atoms with E-state index in [2.05, 4.69) is 5.32 Å². The number of amides is 2. The standard InChI is InChI=1S/C24H31F3N4O4/c1-3-35-15-21(32)30-9-6-23(7-10-30)16-31(14-20(23)22(33)29-8-11-34-2)18-5-4-17(13-28)19(12-18)24(25,26)27/h4-5,12,20H,3,6-11,14-16H2,1-2H3,(H,29,33). The molecule has 3 rings (SSSR count). The van der Waals surface area contributed by atoms with E-state index in [1.807, 2.05) is 6.92 Å². The number of carbonyl (C=O) groups excluding carboxylic acids is 2. The van der Waals surface area contributed by atoms with Crippen LogP contribution in [0.5, 0.6) is 0 Å². The molecule has 1 unspecified atom stereocenters. The van der Waals surface area contributed by atoms with Crippen LogP contribution >= 0.6 is 0 Å². The van der Waals surface area contributed by atoms with Crippen molar-refractivity contribution in [3.63, 3.8) is 0 Å². The number of hydrogen-bond donors (Lipinski definition) is 1. The van der Waals surface area contributed by atoms with E-state index in [1.54, 1.807) is 15.9 Å². The second-order valence-corrected chi connectivity index (χ2v) is 8.94. The van der Waals surface area contributed by atoms with Crippen LogP contribution in [0.4, 0.5) is 18.9 Å². The van der Waals surface area contributed by atoms with Gasteiger partial charge in [0, 0.05) is 57.5 Å². The van der Waals surface area contributed by atoms with Gasteiger partial charge in [-0.2, -0.15) is 18.4 Å². The summed E-state index contributed by atoms with van der Waals surface area (Å²) < 4.78 is 50.9. The molecule has 11 heteroatoms. The van der Waals surface area contributed by atoms with Crippen LogP contribution in [-0.2, 0) is 25.2 Å². The van der Waals surface area contributed by atoms with Gasteiger partial charge in [0.15, 0.2) is 0 Å². The highest BCUT2D eigenvalue weighted by Gasteiger charge is 2.51. The Bertz CT molecular complexity index is 955. The Morgan fingerprint density at radius 1 is 1.29 bits per heavy atom. The molecule has 1 atom stereocenters. The number of nitrogens with one attached hydrogen (secondary N) is 1. The van der Waals surface area contributed by atoms with Crippen molar-refractivity contribution in [3.05, 3.63) is 29.3 Å². The number of anilines is 1. The highest BCUT2D eigenvalue weighted by atomic mass is 19.4. The highest BCUT2D eigenvalue weighted by Crippen LogP contribution is 2.47. The molecular formula is C24H31F3N4O4. The summed E-state index contributed by atoms with van der Waals surface area (Å²) in [6.45, 7) is 4.45. The van der Waals surface area contributed by atoms with E-state index in [4.69, 9.17) is 14.7 Å². The predicted molar refractivity (Wildman–Crippen MR) is 121 cm³/mol. The number of rotatable bonds is 8. The lowest BCUT2D eigenvalue weighted by Gasteiger charge is -2.42. The number of hydrogen-bond acceptors (Lipinski definition) is 6. The van der Waals surface area contributed by atoms with Crippen LogP contribution in [0.2, 0.25) is 0 Å². The molecule has 2 heterocycles. The lowest BCUT2D eigenvalue weighted by Crippen LogP contribution is -2.50. The molecule has 8 nitrogen and oxygen atoms in total. The number of alkyl halides is 3. The fourth-order valence-electron chi connectivity index (χ4n) is 4.98. The SMILES string of the molecule is CCOCC(=O)N1CCC2(CC1)CN(c1ccc(C#N)c(C(F)(F)F)c1)CC2C(=O)NCCOC. The molecule has 35 heavy (non-hydrogen) atoms. The summed E-state index contributed by atoms with van der Waals surface area (Å²) in [5.41, 5.74) is -1.61. The van der Waals surface area contributed by atoms with Crippen LogP contribution in [0.15, 0.2) is 18.2 Å². The number of nitriles is 1. The van der Waals surface area contributed by atoms with Crippen molar-refractivity contribution >= 4 is 17.5 Å². The summed E-state index contributed by atoms with van der Waals surface area (Å²) in [5, 5.41) is 12.0. The number of piperidine rings is 1. The van der Waals surface area contributed by atoms with Crippen molar-refractivity contribution in [2.75, 3.05) is 64.6 Å². The van der Waals surface area contributed by atoms with Crippen LogP contribution in [0.1, 0.15) is 30.9 Å². The van der Waals surface area contributed by atoms with Crippen molar-refractivity contribution in [2.45, 2.75) is 25.9 Å². The van der Waals surface area contributed by atoms with Crippen molar-refractivity contribution in [1.29, 1.82) is 5.26 Å².